The van der Waals surface area contributed by atoms with E-state index in [2.05, 4.69) is 4.18 Å². The smallest absolute Gasteiger partial charge is 0.459 e. The molecular weight excluding hydrogens is 361 g/mol. The van der Waals surface area contributed by atoms with Crippen molar-refractivity contribution < 1.29 is 35.3 Å². The Labute approximate surface area is 144 Å². The van der Waals surface area contributed by atoms with Crippen LogP contribution in [0.1, 0.15) is 50.7 Å². The number of rotatable bonds is 3. The first-order valence-corrected chi connectivity index (χ1v) is 9.07. The van der Waals surface area contributed by atoms with Gasteiger partial charge in [-0.2, -0.15) is 21.6 Å². The van der Waals surface area contributed by atoms with E-state index in [1.807, 2.05) is 0 Å². The van der Waals surface area contributed by atoms with Crippen molar-refractivity contribution in [1.82, 2.24) is 0 Å². The van der Waals surface area contributed by atoms with E-state index in [0.717, 1.165) is 6.07 Å². The van der Waals surface area contributed by atoms with Crippen molar-refractivity contribution in [2.45, 2.75) is 57.1 Å². The molecule has 0 spiro atoms. The maximum Gasteiger partial charge on any atom is 0.534 e. The lowest BCUT2D eigenvalue weighted by Crippen LogP contribution is -2.30. The monoisotopic (exact) mass is 380 g/mol. The van der Waals surface area contributed by atoms with Crippen LogP contribution in [0.4, 0.5) is 13.2 Å². The predicted molar refractivity (Wildman–Crippen MR) is 83.6 cm³/mol. The number of halogens is 3. The highest BCUT2D eigenvalue weighted by atomic mass is 32.2. The Morgan fingerprint density at radius 3 is 2.40 bits per heavy atom. The van der Waals surface area contributed by atoms with Crippen LogP contribution in [0.5, 0.6) is 5.75 Å². The molecule has 0 fully saturated rings. The van der Waals surface area contributed by atoms with Crippen LogP contribution in [-0.4, -0.2) is 25.5 Å². The van der Waals surface area contributed by atoms with Gasteiger partial charge in [-0.1, -0.05) is 6.07 Å². The fourth-order valence-corrected chi connectivity index (χ4v) is 3.09. The highest BCUT2D eigenvalue weighted by Gasteiger charge is 2.48. The average molecular weight is 380 g/mol. The first kappa shape index (κ1) is 19.6. The Hall–Kier alpha value is -1.77. The van der Waals surface area contributed by atoms with Crippen LogP contribution in [-0.2, 0) is 26.1 Å². The molecule has 0 saturated carbocycles. The van der Waals surface area contributed by atoms with Crippen molar-refractivity contribution >= 4 is 16.1 Å². The summed E-state index contributed by atoms with van der Waals surface area (Å²) in [7, 11) is -5.72. The number of ether oxygens (including phenoxy) is 1. The van der Waals surface area contributed by atoms with E-state index in [0.29, 0.717) is 30.4 Å². The van der Waals surface area contributed by atoms with Crippen LogP contribution < -0.4 is 4.18 Å². The maximum absolute atomic E-state index is 12.4. The molecule has 0 aliphatic heterocycles. The molecule has 0 radical (unpaired) electrons. The standard InChI is InChI=1S/C16H19F3O5S/c1-15(2,3)23-14(20)13-6-4-5-10-9-11(7-8-12(10)13)24-25(21,22)16(17,18)19/h7-9,13H,4-6H2,1-3H3/t13-/m1/s1. The third kappa shape index (κ3) is 4.65. The summed E-state index contributed by atoms with van der Waals surface area (Å²) in [5.41, 5.74) is -4.95. The van der Waals surface area contributed by atoms with Gasteiger partial charge in [0.15, 0.2) is 0 Å². The van der Waals surface area contributed by atoms with E-state index in [-0.39, 0.29) is 0 Å². The van der Waals surface area contributed by atoms with Crippen LogP contribution in [0.2, 0.25) is 0 Å². The lowest BCUT2D eigenvalue weighted by molar-refractivity contribution is -0.157. The second-order valence-electron chi connectivity index (χ2n) is 6.82. The van der Waals surface area contributed by atoms with Crippen molar-refractivity contribution in [3.05, 3.63) is 29.3 Å². The van der Waals surface area contributed by atoms with Gasteiger partial charge in [-0.05, 0) is 63.3 Å². The van der Waals surface area contributed by atoms with Gasteiger partial charge in [0.05, 0.1) is 5.92 Å². The topological polar surface area (TPSA) is 69.7 Å². The van der Waals surface area contributed by atoms with E-state index < -0.39 is 38.9 Å². The Balaban J connectivity index is 2.27. The number of fused-ring (bicyclic) bond motifs is 1. The number of carbonyl (C=O) groups excluding carboxylic acids is 1. The third-order valence-electron chi connectivity index (χ3n) is 3.61. The fraction of sp³-hybridized carbons (Fsp3) is 0.562. The first-order valence-electron chi connectivity index (χ1n) is 7.66. The Bertz CT molecular complexity index is 763. The summed E-state index contributed by atoms with van der Waals surface area (Å²) in [6.45, 7) is 5.23. The van der Waals surface area contributed by atoms with Crippen molar-refractivity contribution in [2.24, 2.45) is 0 Å². The number of aryl methyl sites for hydroxylation is 1. The number of hydrogen-bond acceptors (Lipinski definition) is 5. The zero-order chi connectivity index (χ0) is 19.0. The fourth-order valence-electron chi connectivity index (χ4n) is 2.63. The van der Waals surface area contributed by atoms with Crippen molar-refractivity contribution in [3.63, 3.8) is 0 Å². The third-order valence-corrected chi connectivity index (χ3v) is 4.59. The Morgan fingerprint density at radius 1 is 1.20 bits per heavy atom. The molecule has 0 N–H and O–H groups in total. The number of esters is 1. The van der Waals surface area contributed by atoms with E-state index in [1.165, 1.54) is 12.1 Å². The van der Waals surface area contributed by atoms with Crippen LogP contribution in [0.15, 0.2) is 18.2 Å². The Kier molecular flexibility index (Phi) is 5.09. The molecule has 25 heavy (non-hydrogen) atoms. The molecule has 0 heterocycles. The molecule has 0 aromatic heterocycles. The van der Waals surface area contributed by atoms with Gasteiger partial charge < -0.3 is 8.92 Å². The zero-order valence-electron chi connectivity index (χ0n) is 14.0. The summed E-state index contributed by atoms with van der Waals surface area (Å²) >= 11 is 0. The second kappa shape index (κ2) is 6.51. The molecule has 0 saturated heterocycles. The summed E-state index contributed by atoms with van der Waals surface area (Å²) in [5.74, 6) is -1.37. The van der Waals surface area contributed by atoms with Crippen molar-refractivity contribution in [1.29, 1.82) is 0 Å². The normalized spacial score (nSPS) is 18.4. The first-order chi connectivity index (χ1) is 11.3. The Morgan fingerprint density at radius 2 is 1.84 bits per heavy atom. The molecule has 0 amide bonds. The van der Waals surface area contributed by atoms with Crippen LogP contribution in [0.25, 0.3) is 0 Å². The highest BCUT2D eigenvalue weighted by molar-refractivity contribution is 7.88. The number of carbonyl (C=O) groups is 1. The van der Waals surface area contributed by atoms with Gasteiger partial charge >= 0.3 is 21.6 Å². The van der Waals surface area contributed by atoms with E-state index in [4.69, 9.17) is 4.74 Å². The van der Waals surface area contributed by atoms with Crippen LogP contribution in [0.3, 0.4) is 0 Å². The predicted octanol–water partition coefficient (Wildman–Crippen LogP) is 3.68. The number of hydrogen-bond donors (Lipinski definition) is 0. The minimum atomic E-state index is -5.72. The minimum absolute atomic E-state index is 0.412. The highest BCUT2D eigenvalue weighted by Crippen LogP contribution is 2.36. The van der Waals surface area contributed by atoms with E-state index in [9.17, 15) is 26.4 Å². The quantitative estimate of drug-likeness (QED) is 0.455. The molecule has 0 unspecified atom stereocenters. The molecular formula is C16H19F3O5S. The van der Waals surface area contributed by atoms with E-state index in [1.54, 1.807) is 20.8 Å². The lowest BCUT2D eigenvalue weighted by Gasteiger charge is -2.28. The van der Waals surface area contributed by atoms with Gasteiger partial charge in [0.1, 0.15) is 11.4 Å². The van der Waals surface area contributed by atoms with Crippen molar-refractivity contribution in [3.8, 4) is 5.75 Å². The van der Waals surface area contributed by atoms with Gasteiger partial charge in [-0.25, -0.2) is 0 Å². The van der Waals surface area contributed by atoms with Crippen LogP contribution >= 0.6 is 0 Å². The second-order valence-corrected chi connectivity index (χ2v) is 8.36. The molecule has 1 atom stereocenters. The van der Waals surface area contributed by atoms with Gasteiger partial charge in [0.2, 0.25) is 0 Å². The molecule has 1 aromatic rings. The number of alkyl halides is 3. The summed E-state index contributed by atoms with van der Waals surface area (Å²) in [6, 6.07) is 3.77. The molecule has 9 heteroatoms. The van der Waals surface area contributed by atoms with E-state index >= 15 is 0 Å². The summed E-state index contributed by atoms with van der Waals surface area (Å²) < 4.78 is 68.9. The largest absolute Gasteiger partial charge is 0.534 e. The summed E-state index contributed by atoms with van der Waals surface area (Å²) in [5, 5.41) is 0. The van der Waals surface area contributed by atoms with Crippen molar-refractivity contribution in [2.75, 3.05) is 0 Å². The molecule has 1 aliphatic rings. The summed E-state index contributed by atoms with van der Waals surface area (Å²) in [6.07, 6.45) is 1.70. The molecule has 0 bridgehead atoms. The zero-order valence-corrected chi connectivity index (χ0v) is 14.8. The minimum Gasteiger partial charge on any atom is -0.459 e. The van der Waals surface area contributed by atoms with Crippen LogP contribution in [0, 0.1) is 0 Å². The molecule has 5 nitrogen and oxygen atoms in total. The van der Waals surface area contributed by atoms with Gasteiger partial charge in [0.25, 0.3) is 0 Å². The molecule has 140 valence electrons. The average Bonchev–Trinajstić information content (AvgIpc) is 2.42. The maximum atomic E-state index is 12.4. The van der Waals surface area contributed by atoms with Gasteiger partial charge in [-0.3, -0.25) is 4.79 Å². The number of benzene rings is 1. The lowest BCUT2D eigenvalue weighted by atomic mass is 9.82. The van der Waals surface area contributed by atoms with Gasteiger partial charge in [0, 0.05) is 0 Å². The molecule has 1 aromatic carbocycles. The van der Waals surface area contributed by atoms with Gasteiger partial charge in [-0.15, -0.1) is 0 Å². The molecule has 1 aliphatic carbocycles. The molecule has 2 rings (SSSR count). The SMILES string of the molecule is CC(C)(C)OC(=O)[C@@H]1CCCc2cc(OS(=O)(=O)C(F)(F)F)ccc21. The summed E-state index contributed by atoms with van der Waals surface area (Å²) in [4.78, 5) is 12.3.